The Hall–Kier alpha value is -3.38. The maximum Gasteiger partial charge on any atom is 0.174 e. The summed E-state index contributed by atoms with van der Waals surface area (Å²) < 4.78 is 6.23. The number of hydrogen-bond acceptors (Lipinski definition) is 4. The number of nitrogens with one attached hydrogen (secondary N) is 1. The minimum atomic E-state index is -0.0711. The lowest BCUT2D eigenvalue weighted by Gasteiger charge is -2.41. The molecule has 3 aromatic rings. The van der Waals surface area contributed by atoms with Crippen molar-refractivity contribution in [3.8, 4) is 5.75 Å². The van der Waals surface area contributed by atoms with Gasteiger partial charge < -0.3 is 19.9 Å². The molecule has 0 bridgehead atoms. The highest BCUT2D eigenvalue weighted by Gasteiger charge is 2.41. The van der Waals surface area contributed by atoms with E-state index in [9.17, 15) is 0 Å². The molecule has 3 heterocycles. The summed E-state index contributed by atoms with van der Waals surface area (Å²) in [5, 5.41) is 4.30. The first-order valence-electron chi connectivity index (χ1n) is 13.7. The van der Waals surface area contributed by atoms with Crippen molar-refractivity contribution in [3.63, 3.8) is 0 Å². The first kappa shape index (κ1) is 24.9. The Morgan fingerprint density at radius 1 is 1.03 bits per heavy atom. The van der Waals surface area contributed by atoms with Crippen LogP contribution in [0.1, 0.15) is 75.4 Å². The van der Waals surface area contributed by atoms with E-state index in [1.54, 1.807) is 0 Å². The zero-order chi connectivity index (χ0) is 26.4. The van der Waals surface area contributed by atoms with Crippen LogP contribution in [0.5, 0.6) is 5.75 Å². The fraction of sp³-hybridized carbons (Fsp3) is 0.375. The number of hydrogen-bond donors (Lipinski definition) is 1. The first-order valence-corrected chi connectivity index (χ1v) is 14.1. The van der Waals surface area contributed by atoms with Crippen molar-refractivity contribution in [1.29, 1.82) is 0 Å². The summed E-state index contributed by atoms with van der Waals surface area (Å²) in [6.45, 7) is 6.73. The molecule has 1 aromatic heterocycles. The summed E-state index contributed by atoms with van der Waals surface area (Å²) in [7, 11) is 2.17. The zero-order valence-electron chi connectivity index (χ0n) is 22.6. The SMILES string of the molecule is CC1=CC(C)(C)N(C)c2ccc([C@@H]3[C@H](c4ccccn4)NC(=S)N3c3ccc(OC4CCCC4)cc3)cc21. The Morgan fingerprint density at radius 2 is 1.79 bits per heavy atom. The second-order valence-electron chi connectivity index (χ2n) is 11.3. The minimum absolute atomic E-state index is 0.0279. The molecule has 2 fully saturated rings. The number of rotatable bonds is 5. The van der Waals surface area contributed by atoms with E-state index in [1.807, 2.05) is 18.3 Å². The molecule has 0 radical (unpaired) electrons. The summed E-state index contributed by atoms with van der Waals surface area (Å²) in [5.41, 5.74) is 7.02. The van der Waals surface area contributed by atoms with Crippen LogP contribution in [0.4, 0.5) is 11.4 Å². The van der Waals surface area contributed by atoms with Gasteiger partial charge in [-0.05, 0) is 118 Å². The molecule has 2 aromatic carbocycles. The molecule has 1 N–H and O–H groups in total. The maximum absolute atomic E-state index is 6.23. The minimum Gasteiger partial charge on any atom is -0.490 e. The van der Waals surface area contributed by atoms with E-state index >= 15 is 0 Å². The molecular formula is C32H36N4OS. The molecule has 2 aliphatic heterocycles. The van der Waals surface area contributed by atoms with Crippen molar-refractivity contribution in [1.82, 2.24) is 10.3 Å². The molecule has 1 saturated carbocycles. The number of fused-ring (bicyclic) bond motifs is 1. The van der Waals surface area contributed by atoms with Crippen molar-refractivity contribution in [3.05, 3.63) is 89.8 Å². The van der Waals surface area contributed by atoms with Gasteiger partial charge in [0.15, 0.2) is 5.11 Å². The van der Waals surface area contributed by atoms with Gasteiger partial charge in [0.05, 0.1) is 29.4 Å². The number of allylic oxidation sites excluding steroid dienone is 1. The topological polar surface area (TPSA) is 40.6 Å². The number of likely N-dealkylation sites (N-methyl/N-ethyl adjacent to an activating group) is 1. The summed E-state index contributed by atoms with van der Waals surface area (Å²) in [5.74, 6) is 0.928. The van der Waals surface area contributed by atoms with Crippen LogP contribution < -0.4 is 19.9 Å². The van der Waals surface area contributed by atoms with E-state index in [0.717, 1.165) is 30.0 Å². The molecule has 38 heavy (non-hydrogen) atoms. The Kier molecular flexibility index (Phi) is 6.39. The molecule has 3 aliphatic rings. The monoisotopic (exact) mass is 524 g/mol. The van der Waals surface area contributed by atoms with Gasteiger partial charge in [0.25, 0.3) is 0 Å². The van der Waals surface area contributed by atoms with Gasteiger partial charge in [-0.15, -0.1) is 0 Å². The number of benzene rings is 2. The molecular weight excluding hydrogens is 488 g/mol. The van der Waals surface area contributed by atoms with Gasteiger partial charge in [0.1, 0.15) is 5.75 Å². The Morgan fingerprint density at radius 3 is 2.50 bits per heavy atom. The quantitative estimate of drug-likeness (QED) is 0.356. The van der Waals surface area contributed by atoms with Crippen LogP contribution in [0, 0.1) is 0 Å². The highest BCUT2D eigenvalue weighted by atomic mass is 32.1. The molecule has 5 nitrogen and oxygen atoms in total. The van der Waals surface area contributed by atoms with Crippen molar-refractivity contribution < 1.29 is 4.74 Å². The normalized spacial score (nSPS) is 22.7. The number of thiocarbonyl (C=S) groups is 1. The Balaban J connectivity index is 1.39. The predicted molar refractivity (Wildman–Crippen MR) is 160 cm³/mol. The molecule has 0 spiro atoms. The lowest BCUT2D eigenvalue weighted by molar-refractivity contribution is 0.210. The maximum atomic E-state index is 6.23. The van der Waals surface area contributed by atoms with Gasteiger partial charge >= 0.3 is 0 Å². The van der Waals surface area contributed by atoms with Crippen molar-refractivity contribution in [2.24, 2.45) is 0 Å². The molecule has 0 unspecified atom stereocenters. The molecule has 6 rings (SSSR count). The van der Waals surface area contributed by atoms with Crippen LogP contribution in [0.25, 0.3) is 5.57 Å². The van der Waals surface area contributed by atoms with Gasteiger partial charge in [-0.3, -0.25) is 4.98 Å². The third-order valence-corrected chi connectivity index (χ3v) is 8.72. The molecule has 2 atom stereocenters. The van der Waals surface area contributed by atoms with Crippen molar-refractivity contribution >= 4 is 34.3 Å². The Bertz CT molecular complexity index is 1360. The average molecular weight is 525 g/mol. The fourth-order valence-corrected chi connectivity index (χ4v) is 6.56. The van der Waals surface area contributed by atoms with Crippen LogP contribution in [-0.2, 0) is 0 Å². The second-order valence-corrected chi connectivity index (χ2v) is 11.7. The number of pyridine rings is 1. The molecule has 1 aliphatic carbocycles. The number of anilines is 2. The van der Waals surface area contributed by atoms with E-state index in [1.165, 1.54) is 35.2 Å². The second kappa shape index (κ2) is 9.73. The largest absolute Gasteiger partial charge is 0.490 e. The van der Waals surface area contributed by atoms with E-state index in [-0.39, 0.29) is 17.6 Å². The van der Waals surface area contributed by atoms with Gasteiger partial charge in [-0.2, -0.15) is 0 Å². The van der Waals surface area contributed by atoms with Crippen LogP contribution in [-0.4, -0.2) is 28.8 Å². The Labute approximate surface area is 231 Å². The summed E-state index contributed by atoms with van der Waals surface area (Å²) in [6, 6.07) is 21.2. The van der Waals surface area contributed by atoms with Gasteiger partial charge in [0, 0.05) is 30.2 Å². The molecule has 196 valence electrons. The first-order chi connectivity index (χ1) is 18.3. The van der Waals surface area contributed by atoms with Crippen molar-refractivity contribution in [2.75, 3.05) is 16.8 Å². The summed E-state index contributed by atoms with van der Waals surface area (Å²) in [6.07, 6.45) is 9.36. The van der Waals surface area contributed by atoms with Crippen molar-refractivity contribution in [2.45, 2.75) is 70.2 Å². The van der Waals surface area contributed by atoms with E-state index < -0.39 is 0 Å². The molecule has 6 heteroatoms. The van der Waals surface area contributed by atoms with Crippen LogP contribution in [0.15, 0.2) is 72.9 Å². The van der Waals surface area contributed by atoms with Gasteiger partial charge in [-0.1, -0.05) is 18.2 Å². The lowest BCUT2D eigenvalue weighted by atomic mass is 9.86. The zero-order valence-corrected chi connectivity index (χ0v) is 23.5. The van der Waals surface area contributed by atoms with Gasteiger partial charge in [-0.25, -0.2) is 0 Å². The summed E-state index contributed by atoms with van der Waals surface area (Å²) in [4.78, 5) is 9.31. The third kappa shape index (κ3) is 4.45. The lowest BCUT2D eigenvalue weighted by Crippen LogP contribution is -2.42. The number of ether oxygens (including phenoxy) is 1. The fourth-order valence-electron chi connectivity index (χ4n) is 6.22. The molecule has 0 amide bonds. The summed E-state index contributed by atoms with van der Waals surface area (Å²) >= 11 is 5.95. The standard InChI is InChI=1S/C32H36N4OS/c1-21-20-32(2,3)35(4)28-17-12-22(19-26(21)28)30-29(27-11-7-8-18-33-27)34-31(38)36(30)23-13-15-25(16-14-23)37-24-9-5-6-10-24/h7-8,11-20,24,29-30H,5-6,9-10H2,1-4H3,(H,34,38)/t29-,30+/m0/s1. The average Bonchev–Trinajstić information content (AvgIpc) is 3.55. The smallest absolute Gasteiger partial charge is 0.174 e. The van der Waals surface area contributed by atoms with E-state index in [0.29, 0.717) is 11.2 Å². The predicted octanol–water partition coefficient (Wildman–Crippen LogP) is 7.21. The van der Waals surface area contributed by atoms with Crippen LogP contribution in [0.3, 0.4) is 0 Å². The van der Waals surface area contributed by atoms with E-state index in [2.05, 4.69) is 97.5 Å². The van der Waals surface area contributed by atoms with E-state index in [4.69, 9.17) is 21.9 Å². The van der Waals surface area contributed by atoms with Gasteiger partial charge in [0.2, 0.25) is 0 Å². The number of nitrogens with zero attached hydrogens (tertiary/aromatic N) is 3. The third-order valence-electron chi connectivity index (χ3n) is 8.40. The highest BCUT2D eigenvalue weighted by molar-refractivity contribution is 7.80. The van der Waals surface area contributed by atoms with Crippen LogP contribution in [0.2, 0.25) is 0 Å². The van der Waals surface area contributed by atoms with Crippen LogP contribution >= 0.6 is 12.2 Å². The molecule has 1 saturated heterocycles. The highest BCUT2D eigenvalue weighted by Crippen LogP contribution is 2.45. The number of aromatic nitrogens is 1.